The van der Waals surface area contributed by atoms with E-state index in [-0.39, 0.29) is 17.9 Å². The maximum atomic E-state index is 12.8. The fourth-order valence-electron chi connectivity index (χ4n) is 4.19. The number of hydrogen-bond acceptors (Lipinski definition) is 7. The summed E-state index contributed by atoms with van der Waals surface area (Å²) in [5, 5.41) is 20.7. The Morgan fingerprint density at radius 3 is 2.21 bits per heavy atom. The van der Waals surface area contributed by atoms with Gasteiger partial charge in [-0.3, -0.25) is 10.2 Å². The summed E-state index contributed by atoms with van der Waals surface area (Å²) in [5.74, 6) is 0.0203. The molecule has 3 aromatic rings. The van der Waals surface area contributed by atoms with Crippen molar-refractivity contribution in [3.8, 4) is 22.6 Å². The first kappa shape index (κ1) is 27.1. The second-order valence-corrected chi connectivity index (χ2v) is 10.5. The van der Waals surface area contributed by atoms with E-state index in [0.717, 1.165) is 17.5 Å². The number of aliphatic imine (C=N–C) groups is 1. The average molecular weight is 540 g/mol. The van der Waals surface area contributed by atoms with Crippen molar-refractivity contribution in [2.75, 3.05) is 20.8 Å². The second-order valence-electron chi connectivity index (χ2n) is 8.64. The maximum Gasteiger partial charge on any atom is 0.329 e. The summed E-state index contributed by atoms with van der Waals surface area (Å²) in [7, 11) is -0.595. The van der Waals surface area contributed by atoms with Gasteiger partial charge in [-0.05, 0) is 41.8 Å². The molecule has 1 saturated heterocycles. The third-order valence-electron chi connectivity index (χ3n) is 6.35. The van der Waals surface area contributed by atoms with Crippen molar-refractivity contribution in [2.45, 2.75) is 29.9 Å². The molecular weight excluding hydrogens is 510 g/mol. The summed E-state index contributed by atoms with van der Waals surface area (Å²) in [6, 6.07) is 19.3. The Hall–Kier alpha value is -3.93. The van der Waals surface area contributed by atoms with Gasteiger partial charge in [0.2, 0.25) is 10.0 Å². The fraction of sp³-hybridized carbons (Fsp3) is 0.259. The molecule has 0 aliphatic carbocycles. The van der Waals surface area contributed by atoms with Crippen LogP contribution in [0.3, 0.4) is 0 Å². The minimum absolute atomic E-state index is 0.0160. The normalized spacial score (nSPS) is 16.6. The Bertz CT molecular complexity index is 1370. The number of carboxylic acids is 1. The van der Waals surface area contributed by atoms with Gasteiger partial charge in [0.05, 0.1) is 24.7 Å². The minimum atomic E-state index is -3.74. The highest BCUT2D eigenvalue weighted by atomic mass is 32.2. The first-order chi connectivity index (χ1) is 18.3. The van der Waals surface area contributed by atoms with Crippen LogP contribution in [0, 0.1) is 0 Å². The fourth-order valence-corrected chi connectivity index (χ4v) is 5.79. The summed E-state index contributed by atoms with van der Waals surface area (Å²) < 4.78 is 37.8. The molecule has 200 valence electrons. The van der Waals surface area contributed by atoms with Gasteiger partial charge in [-0.25, -0.2) is 18.3 Å². The highest BCUT2D eigenvalue weighted by molar-refractivity contribution is 7.89. The zero-order valence-electron chi connectivity index (χ0n) is 21.0. The molecule has 1 heterocycles. The zero-order valence-corrected chi connectivity index (χ0v) is 21.8. The first-order valence-electron chi connectivity index (χ1n) is 11.9. The molecule has 10 nitrogen and oxygen atoms in total. The Morgan fingerprint density at radius 1 is 1.05 bits per heavy atom. The molecule has 0 radical (unpaired) electrons. The number of ether oxygens (including phenoxy) is 2. The van der Waals surface area contributed by atoms with Crippen LogP contribution in [0.2, 0.25) is 0 Å². The van der Waals surface area contributed by atoms with E-state index in [1.54, 1.807) is 44.6 Å². The molecule has 11 heteroatoms. The number of rotatable bonds is 11. The molecule has 3 aromatic carbocycles. The third kappa shape index (κ3) is 5.64. The molecular formula is C27H29N3O7S. The molecule has 0 spiro atoms. The lowest BCUT2D eigenvalue weighted by Gasteiger charge is -2.37. The average Bonchev–Trinajstić information content (AvgIpc) is 2.91. The van der Waals surface area contributed by atoms with Crippen LogP contribution in [0.1, 0.15) is 12.0 Å². The smallest absolute Gasteiger partial charge is 0.329 e. The van der Waals surface area contributed by atoms with Crippen LogP contribution in [0.5, 0.6) is 11.5 Å². The van der Waals surface area contributed by atoms with E-state index >= 15 is 0 Å². The molecule has 1 unspecified atom stereocenters. The molecule has 2 N–H and O–H groups in total. The van der Waals surface area contributed by atoms with Crippen molar-refractivity contribution in [3.63, 3.8) is 0 Å². The molecule has 0 amide bonds. The van der Waals surface area contributed by atoms with Gasteiger partial charge in [0.15, 0.2) is 6.04 Å². The summed E-state index contributed by atoms with van der Waals surface area (Å²) >= 11 is 0. The third-order valence-corrected chi connectivity index (χ3v) is 8.26. The Balaban J connectivity index is 1.46. The van der Waals surface area contributed by atoms with Crippen LogP contribution >= 0.6 is 0 Å². The van der Waals surface area contributed by atoms with E-state index in [1.807, 2.05) is 30.3 Å². The van der Waals surface area contributed by atoms with Crippen LogP contribution in [-0.2, 0) is 21.2 Å². The van der Waals surface area contributed by atoms with E-state index < -0.39 is 28.2 Å². The van der Waals surface area contributed by atoms with E-state index in [1.165, 1.54) is 16.4 Å². The van der Waals surface area contributed by atoms with E-state index in [9.17, 15) is 23.5 Å². The van der Waals surface area contributed by atoms with Gasteiger partial charge < -0.3 is 14.6 Å². The molecule has 1 aliphatic rings. The van der Waals surface area contributed by atoms with Crippen molar-refractivity contribution >= 4 is 22.3 Å². The van der Waals surface area contributed by atoms with Crippen LogP contribution in [0.25, 0.3) is 11.1 Å². The number of sulfonamides is 1. The van der Waals surface area contributed by atoms with E-state index in [4.69, 9.17) is 9.47 Å². The predicted octanol–water partition coefficient (Wildman–Crippen LogP) is 3.51. The van der Waals surface area contributed by atoms with Crippen molar-refractivity contribution in [1.29, 1.82) is 0 Å². The molecule has 0 aromatic heterocycles. The summed E-state index contributed by atoms with van der Waals surface area (Å²) in [5.41, 5.74) is 2.26. The van der Waals surface area contributed by atoms with Gasteiger partial charge in [-0.15, -0.1) is 0 Å². The van der Waals surface area contributed by atoms with E-state index in [0.29, 0.717) is 28.5 Å². The number of aliphatic carboxylic acids is 1. The number of hydrogen-bond donors (Lipinski definition) is 2. The van der Waals surface area contributed by atoms with Gasteiger partial charge >= 0.3 is 5.97 Å². The second kappa shape index (κ2) is 11.6. The molecule has 2 atom stereocenters. The van der Waals surface area contributed by atoms with Gasteiger partial charge in [0.25, 0.3) is 0 Å². The number of carboxylic acid groups (broad SMARTS) is 1. The van der Waals surface area contributed by atoms with Crippen LogP contribution in [0.4, 0.5) is 0 Å². The number of hydroxylamine groups is 2. The van der Waals surface area contributed by atoms with E-state index in [2.05, 4.69) is 4.99 Å². The van der Waals surface area contributed by atoms with Gasteiger partial charge in [-0.2, -0.15) is 4.31 Å². The van der Waals surface area contributed by atoms with Crippen molar-refractivity contribution in [1.82, 2.24) is 9.37 Å². The van der Waals surface area contributed by atoms with Crippen molar-refractivity contribution in [3.05, 3.63) is 78.4 Å². The van der Waals surface area contributed by atoms with Gasteiger partial charge in [0, 0.05) is 13.0 Å². The lowest BCUT2D eigenvalue weighted by atomic mass is 9.99. The van der Waals surface area contributed by atoms with Crippen molar-refractivity contribution < 1.29 is 33.0 Å². The Morgan fingerprint density at radius 2 is 1.68 bits per heavy atom. The quantitative estimate of drug-likeness (QED) is 0.215. The monoisotopic (exact) mass is 539 g/mol. The summed E-state index contributed by atoms with van der Waals surface area (Å²) in [6.45, 7) is 0.288. The summed E-state index contributed by atoms with van der Waals surface area (Å²) in [6.07, 6.45) is 0.698. The molecule has 4 rings (SSSR count). The number of benzene rings is 3. The molecule has 1 aliphatic heterocycles. The van der Waals surface area contributed by atoms with Crippen LogP contribution in [-0.4, -0.2) is 73.4 Å². The summed E-state index contributed by atoms with van der Waals surface area (Å²) in [4.78, 5) is 16.2. The number of methoxy groups -OCH3 is 2. The zero-order chi connectivity index (χ0) is 27.3. The van der Waals surface area contributed by atoms with Crippen molar-refractivity contribution in [2.24, 2.45) is 4.99 Å². The predicted molar refractivity (Wildman–Crippen MR) is 141 cm³/mol. The topological polar surface area (TPSA) is 129 Å². The standard InChI is InChI=1S/C27H29N3O7S/c1-36-23-9-6-10-24(37-2)26(23)20-13-11-19(12-14-20)17-22(27(31)32)29(33)18-28-25-15-16-30(25)38(34,35)21-7-4-3-5-8-21/h3-14,18,22,25,33H,15-17H2,1-2H3,(H,31,32)/b28-18+/t22-,25?/m0/s1. The van der Waals surface area contributed by atoms with Gasteiger partial charge in [-0.1, -0.05) is 48.5 Å². The SMILES string of the molecule is COc1cccc(OC)c1-c1ccc(C[C@@H](C(=O)O)N(O)/C=N/C2CCN2S(=O)(=O)c2ccccc2)cc1. The first-order valence-corrected chi connectivity index (χ1v) is 13.3. The Kier molecular flexibility index (Phi) is 8.30. The maximum absolute atomic E-state index is 12.8. The highest BCUT2D eigenvalue weighted by Gasteiger charge is 2.38. The molecule has 38 heavy (non-hydrogen) atoms. The number of carbonyl (C=O) groups is 1. The van der Waals surface area contributed by atoms with Crippen LogP contribution in [0.15, 0.2) is 82.7 Å². The minimum Gasteiger partial charge on any atom is -0.496 e. The largest absolute Gasteiger partial charge is 0.496 e. The molecule has 0 saturated carbocycles. The molecule has 0 bridgehead atoms. The number of nitrogens with zero attached hydrogens (tertiary/aromatic N) is 3. The van der Waals surface area contributed by atoms with Gasteiger partial charge in [0.1, 0.15) is 24.0 Å². The van der Waals surface area contributed by atoms with Crippen LogP contribution < -0.4 is 9.47 Å². The highest BCUT2D eigenvalue weighted by Crippen LogP contribution is 2.38. The lowest BCUT2D eigenvalue weighted by Crippen LogP contribution is -2.50. The molecule has 1 fully saturated rings. The Labute approximate surface area is 221 Å². The lowest BCUT2D eigenvalue weighted by molar-refractivity contribution is -0.152.